The first-order valence-electron chi connectivity index (χ1n) is 6.50. The van der Waals surface area contributed by atoms with E-state index in [1.807, 2.05) is 36.4 Å². The Morgan fingerprint density at radius 3 is 2.38 bits per heavy atom. The van der Waals surface area contributed by atoms with Gasteiger partial charge in [0.2, 0.25) is 5.91 Å². The summed E-state index contributed by atoms with van der Waals surface area (Å²) in [7, 11) is 0. The summed E-state index contributed by atoms with van der Waals surface area (Å²) in [5.41, 5.74) is 7.85. The molecular formula is C17H15ClN2O. The van der Waals surface area contributed by atoms with Gasteiger partial charge in [0, 0.05) is 16.3 Å². The van der Waals surface area contributed by atoms with E-state index in [0.717, 1.165) is 16.8 Å². The lowest BCUT2D eigenvalue weighted by Gasteiger charge is -2.05. The smallest absolute Gasteiger partial charge is 0.228 e. The SMILES string of the molecule is NCC#Cc1ccc(NC(=O)Cc2ccc(Cl)cc2)cc1. The maximum atomic E-state index is 11.9. The first kappa shape index (κ1) is 15.1. The molecule has 3 N–H and O–H groups in total. The Morgan fingerprint density at radius 1 is 1.10 bits per heavy atom. The molecule has 106 valence electrons. The summed E-state index contributed by atoms with van der Waals surface area (Å²) >= 11 is 5.81. The van der Waals surface area contributed by atoms with E-state index in [1.165, 1.54) is 0 Å². The van der Waals surface area contributed by atoms with Gasteiger partial charge in [-0.1, -0.05) is 35.6 Å². The van der Waals surface area contributed by atoms with Crippen molar-refractivity contribution in [1.82, 2.24) is 0 Å². The van der Waals surface area contributed by atoms with Crippen molar-refractivity contribution in [3.8, 4) is 11.8 Å². The fourth-order valence-electron chi connectivity index (χ4n) is 1.78. The van der Waals surface area contributed by atoms with Gasteiger partial charge in [-0.15, -0.1) is 0 Å². The number of nitrogens with two attached hydrogens (primary N) is 1. The minimum atomic E-state index is -0.0712. The molecule has 0 spiro atoms. The lowest BCUT2D eigenvalue weighted by molar-refractivity contribution is -0.115. The first-order chi connectivity index (χ1) is 10.2. The molecule has 0 saturated carbocycles. The van der Waals surface area contributed by atoms with Crippen LogP contribution in [0.5, 0.6) is 0 Å². The summed E-state index contributed by atoms with van der Waals surface area (Å²) in [5.74, 6) is 5.64. The molecule has 0 bridgehead atoms. The van der Waals surface area contributed by atoms with Crippen LogP contribution in [0.4, 0.5) is 5.69 Å². The van der Waals surface area contributed by atoms with Gasteiger partial charge in [-0.05, 0) is 42.0 Å². The number of carbonyl (C=O) groups is 1. The average Bonchev–Trinajstić information content (AvgIpc) is 2.49. The molecule has 0 atom stereocenters. The molecule has 0 aliphatic heterocycles. The normalized spacial score (nSPS) is 9.62. The molecule has 0 aromatic heterocycles. The van der Waals surface area contributed by atoms with Gasteiger partial charge in [0.1, 0.15) is 0 Å². The molecule has 0 aliphatic rings. The highest BCUT2D eigenvalue weighted by atomic mass is 35.5. The monoisotopic (exact) mass is 298 g/mol. The largest absolute Gasteiger partial charge is 0.326 e. The Kier molecular flexibility index (Phi) is 5.39. The summed E-state index contributed by atoms with van der Waals surface area (Å²) < 4.78 is 0. The van der Waals surface area contributed by atoms with Crippen molar-refractivity contribution in [2.75, 3.05) is 11.9 Å². The average molecular weight is 299 g/mol. The third kappa shape index (κ3) is 4.96. The Hall–Kier alpha value is -2.28. The van der Waals surface area contributed by atoms with Gasteiger partial charge in [0.05, 0.1) is 13.0 Å². The third-order valence-corrected chi connectivity index (χ3v) is 3.03. The molecule has 0 unspecified atom stereocenters. The van der Waals surface area contributed by atoms with Crippen LogP contribution in [-0.2, 0) is 11.2 Å². The highest BCUT2D eigenvalue weighted by Crippen LogP contribution is 2.12. The number of amides is 1. The Balaban J connectivity index is 1.94. The van der Waals surface area contributed by atoms with Crippen molar-refractivity contribution in [3.05, 3.63) is 64.7 Å². The van der Waals surface area contributed by atoms with E-state index in [2.05, 4.69) is 17.2 Å². The molecule has 0 radical (unpaired) electrons. The summed E-state index contributed by atoms with van der Waals surface area (Å²) in [6.45, 7) is 0.333. The zero-order valence-electron chi connectivity index (χ0n) is 11.4. The van der Waals surface area contributed by atoms with Gasteiger partial charge in [0.15, 0.2) is 0 Å². The summed E-state index contributed by atoms with van der Waals surface area (Å²) in [6, 6.07) is 14.6. The van der Waals surface area contributed by atoms with E-state index in [9.17, 15) is 4.79 Å². The lowest BCUT2D eigenvalue weighted by Crippen LogP contribution is -2.14. The number of hydrogen-bond acceptors (Lipinski definition) is 2. The van der Waals surface area contributed by atoms with Crippen LogP contribution in [0.2, 0.25) is 5.02 Å². The van der Waals surface area contributed by atoms with E-state index in [4.69, 9.17) is 17.3 Å². The van der Waals surface area contributed by atoms with Gasteiger partial charge in [-0.3, -0.25) is 4.79 Å². The van der Waals surface area contributed by atoms with Crippen molar-refractivity contribution < 1.29 is 4.79 Å². The van der Waals surface area contributed by atoms with Crippen LogP contribution in [0.25, 0.3) is 0 Å². The fraction of sp³-hybridized carbons (Fsp3) is 0.118. The predicted octanol–water partition coefficient (Wildman–Crippen LogP) is 2.83. The third-order valence-electron chi connectivity index (χ3n) is 2.78. The molecule has 21 heavy (non-hydrogen) atoms. The minimum Gasteiger partial charge on any atom is -0.326 e. The van der Waals surface area contributed by atoms with Gasteiger partial charge in [0.25, 0.3) is 0 Å². The Morgan fingerprint density at radius 2 is 1.76 bits per heavy atom. The Labute approximate surface area is 129 Å². The van der Waals surface area contributed by atoms with Crippen LogP contribution < -0.4 is 11.1 Å². The molecule has 0 aliphatic carbocycles. The summed E-state index contributed by atoms with van der Waals surface area (Å²) in [6.07, 6.45) is 0.311. The molecular weight excluding hydrogens is 284 g/mol. The second-order valence-corrected chi connectivity index (χ2v) is 4.87. The standard InChI is InChI=1S/C17H15ClN2O/c18-15-7-3-14(4-8-15)12-17(21)20-16-9-5-13(6-10-16)2-1-11-19/h3-10H,11-12,19H2,(H,20,21). The van der Waals surface area contributed by atoms with Crippen LogP contribution >= 0.6 is 11.6 Å². The second kappa shape index (κ2) is 7.49. The van der Waals surface area contributed by atoms with Crippen LogP contribution in [0, 0.1) is 11.8 Å². The maximum Gasteiger partial charge on any atom is 0.228 e. The summed E-state index contributed by atoms with van der Waals surface area (Å²) in [5, 5.41) is 3.50. The molecule has 0 fully saturated rings. The van der Waals surface area contributed by atoms with Crippen LogP contribution in [0.15, 0.2) is 48.5 Å². The molecule has 2 rings (SSSR count). The quantitative estimate of drug-likeness (QED) is 0.856. The van der Waals surface area contributed by atoms with Gasteiger partial charge < -0.3 is 11.1 Å². The van der Waals surface area contributed by atoms with Crippen LogP contribution in [0.3, 0.4) is 0 Å². The van der Waals surface area contributed by atoms with E-state index < -0.39 is 0 Å². The number of halogens is 1. The van der Waals surface area contributed by atoms with Crippen molar-refractivity contribution in [1.29, 1.82) is 0 Å². The van der Waals surface area contributed by atoms with E-state index >= 15 is 0 Å². The second-order valence-electron chi connectivity index (χ2n) is 4.43. The topological polar surface area (TPSA) is 55.1 Å². The van der Waals surface area contributed by atoms with Crippen molar-refractivity contribution in [3.63, 3.8) is 0 Å². The van der Waals surface area contributed by atoms with Gasteiger partial charge in [-0.25, -0.2) is 0 Å². The zero-order chi connectivity index (χ0) is 15.1. The van der Waals surface area contributed by atoms with Gasteiger partial charge >= 0.3 is 0 Å². The fourth-order valence-corrected chi connectivity index (χ4v) is 1.91. The van der Waals surface area contributed by atoms with Crippen LogP contribution in [0.1, 0.15) is 11.1 Å². The molecule has 3 nitrogen and oxygen atoms in total. The minimum absolute atomic E-state index is 0.0712. The number of hydrogen-bond donors (Lipinski definition) is 2. The predicted molar refractivity (Wildman–Crippen MR) is 86.2 cm³/mol. The van der Waals surface area contributed by atoms with E-state index in [1.54, 1.807) is 12.1 Å². The number of rotatable bonds is 3. The molecule has 4 heteroatoms. The highest BCUT2D eigenvalue weighted by Gasteiger charge is 2.04. The molecule has 0 heterocycles. The Bertz CT molecular complexity index is 667. The van der Waals surface area contributed by atoms with Crippen molar-refractivity contribution in [2.24, 2.45) is 5.73 Å². The van der Waals surface area contributed by atoms with Gasteiger partial charge in [-0.2, -0.15) is 0 Å². The van der Waals surface area contributed by atoms with Crippen LogP contribution in [-0.4, -0.2) is 12.5 Å². The molecule has 2 aromatic rings. The summed E-state index contributed by atoms with van der Waals surface area (Å²) in [4.78, 5) is 11.9. The number of carbonyl (C=O) groups excluding carboxylic acids is 1. The van der Waals surface area contributed by atoms with Crippen molar-refractivity contribution >= 4 is 23.2 Å². The zero-order valence-corrected chi connectivity index (χ0v) is 12.2. The number of nitrogens with one attached hydrogen (secondary N) is 1. The molecule has 0 saturated heterocycles. The lowest BCUT2D eigenvalue weighted by atomic mass is 10.1. The molecule has 1 amide bonds. The van der Waals surface area contributed by atoms with E-state index in [0.29, 0.717) is 18.0 Å². The number of benzene rings is 2. The number of anilines is 1. The van der Waals surface area contributed by atoms with E-state index in [-0.39, 0.29) is 5.91 Å². The molecule has 2 aromatic carbocycles. The highest BCUT2D eigenvalue weighted by molar-refractivity contribution is 6.30. The first-order valence-corrected chi connectivity index (χ1v) is 6.88. The van der Waals surface area contributed by atoms with Crippen molar-refractivity contribution in [2.45, 2.75) is 6.42 Å². The maximum absolute atomic E-state index is 11.9.